The number of carbonyl (C=O) groups is 1. The van der Waals surface area contributed by atoms with Gasteiger partial charge in [0.05, 0.1) is 5.38 Å². The van der Waals surface area contributed by atoms with Crippen LogP contribution in [-0.2, 0) is 6.54 Å². The van der Waals surface area contributed by atoms with Gasteiger partial charge in [-0.1, -0.05) is 35.9 Å². The van der Waals surface area contributed by atoms with E-state index in [1.807, 2.05) is 42.5 Å². The van der Waals surface area contributed by atoms with Gasteiger partial charge >= 0.3 is 6.03 Å². The molecule has 0 fully saturated rings. The molecular weight excluding hydrogens is 307 g/mol. The maximum atomic E-state index is 11.6. The fourth-order valence-electron chi connectivity index (χ4n) is 2.42. The third-order valence-corrected chi connectivity index (χ3v) is 4.30. The lowest BCUT2D eigenvalue weighted by Crippen LogP contribution is -2.35. The number of alkyl halides is 1. The summed E-state index contributed by atoms with van der Waals surface area (Å²) in [6.45, 7) is 0.578. The van der Waals surface area contributed by atoms with E-state index >= 15 is 0 Å². The standard InChI is InChI=1S/C16H14Cl2N2O/c1-20-9-12-7-11(5-6-14(12)19-16(20)21)15(18)10-3-2-4-13(17)8-10/h2-8,15H,9H2,1H3,(H,19,21). The predicted molar refractivity (Wildman–Crippen MR) is 86.1 cm³/mol. The van der Waals surface area contributed by atoms with Crippen molar-refractivity contribution in [2.75, 3.05) is 12.4 Å². The van der Waals surface area contributed by atoms with Gasteiger partial charge in [-0.15, -0.1) is 11.6 Å². The second-order valence-corrected chi connectivity index (χ2v) is 5.99. The molecule has 1 aliphatic heterocycles. The van der Waals surface area contributed by atoms with Gasteiger partial charge in [-0.05, 0) is 34.9 Å². The van der Waals surface area contributed by atoms with E-state index in [1.54, 1.807) is 11.9 Å². The van der Waals surface area contributed by atoms with Gasteiger partial charge in [0.2, 0.25) is 0 Å². The summed E-state index contributed by atoms with van der Waals surface area (Å²) in [6.07, 6.45) is 0. The average molecular weight is 321 g/mol. The number of amides is 2. The molecule has 1 atom stereocenters. The first kappa shape index (κ1) is 14.2. The molecule has 1 N–H and O–H groups in total. The number of hydrogen-bond donors (Lipinski definition) is 1. The first-order valence-corrected chi connectivity index (χ1v) is 7.40. The van der Waals surface area contributed by atoms with Crippen LogP contribution in [0, 0.1) is 0 Å². The minimum Gasteiger partial charge on any atom is -0.323 e. The van der Waals surface area contributed by atoms with Crippen molar-refractivity contribution in [2.45, 2.75) is 11.9 Å². The van der Waals surface area contributed by atoms with Crippen LogP contribution in [0.2, 0.25) is 5.02 Å². The monoisotopic (exact) mass is 320 g/mol. The molecule has 0 saturated carbocycles. The summed E-state index contributed by atoms with van der Waals surface area (Å²) in [5, 5.41) is 3.25. The van der Waals surface area contributed by atoms with Crippen LogP contribution >= 0.6 is 23.2 Å². The molecule has 2 amide bonds. The van der Waals surface area contributed by atoms with Crippen LogP contribution < -0.4 is 5.32 Å². The van der Waals surface area contributed by atoms with E-state index in [0.29, 0.717) is 11.6 Å². The van der Waals surface area contributed by atoms with Gasteiger partial charge in [-0.25, -0.2) is 4.79 Å². The van der Waals surface area contributed by atoms with Gasteiger partial charge in [0.15, 0.2) is 0 Å². The van der Waals surface area contributed by atoms with Crippen LogP contribution in [0.1, 0.15) is 22.1 Å². The number of halogens is 2. The topological polar surface area (TPSA) is 32.3 Å². The minimum atomic E-state index is -0.267. The van der Waals surface area contributed by atoms with Crippen molar-refractivity contribution in [1.82, 2.24) is 4.90 Å². The zero-order valence-corrected chi connectivity index (χ0v) is 12.9. The summed E-state index contributed by atoms with van der Waals surface area (Å²) < 4.78 is 0. The Morgan fingerprint density at radius 2 is 1.95 bits per heavy atom. The van der Waals surface area contributed by atoms with Crippen LogP contribution in [0.15, 0.2) is 42.5 Å². The van der Waals surface area contributed by atoms with Crippen LogP contribution in [0.4, 0.5) is 10.5 Å². The Labute approximate surface area is 133 Å². The number of nitrogens with one attached hydrogen (secondary N) is 1. The van der Waals surface area contributed by atoms with Crippen molar-refractivity contribution >= 4 is 34.9 Å². The second kappa shape index (κ2) is 5.58. The maximum absolute atomic E-state index is 11.6. The molecule has 1 unspecified atom stereocenters. The Hall–Kier alpha value is -1.71. The molecule has 0 spiro atoms. The molecular formula is C16H14Cl2N2O. The normalized spacial score (nSPS) is 15.4. The third kappa shape index (κ3) is 2.85. The van der Waals surface area contributed by atoms with Gasteiger partial charge in [0.1, 0.15) is 0 Å². The van der Waals surface area contributed by atoms with E-state index in [1.165, 1.54) is 0 Å². The van der Waals surface area contributed by atoms with E-state index in [9.17, 15) is 4.79 Å². The Balaban J connectivity index is 1.93. The number of anilines is 1. The molecule has 1 heterocycles. The van der Waals surface area contributed by atoms with Crippen LogP contribution in [0.25, 0.3) is 0 Å². The van der Waals surface area contributed by atoms with E-state index in [4.69, 9.17) is 23.2 Å². The van der Waals surface area contributed by atoms with Crippen molar-refractivity contribution in [3.8, 4) is 0 Å². The molecule has 0 aromatic heterocycles. The predicted octanol–water partition coefficient (Wildman–Crippen LogP) is 4.65. The van der Waals surface area contributed by atoms with Crippen molar-refractivity contribution < 1.29 is 4.79 Å². The first-order chi connectivity index (χ1) is 10.0. The number of hydrogen-bond acceptors (Lipinski definition) is 1. The first-order valence-electron chi connectivity index (χ1n) is 6.59. The van der Waals surface area contributed by atoms with E-state index in [0.717, 1.165) is 22.4 Å². The zero-order chi connectivity index (χ0) is 15.0. The highest BCUT2D eigenvalue weighted by Gasteiger charge is 2.21. The highest BCUT2D eigenvalue weighted by Crippen LogP contribution is 2.33. The van der Waals surface area contributed by atoms with Crippen LogP contribution in [0.5, 0.6) is 0 Å². The van der Waals surface area contributed by atoms with Crippen LogP contribution in [-0.4, -0.2) is 18.0 Å². The molecule has 5 heteroatoms. The summed E-state index contributed by atoms with van der Waals surface area (Å²) in [5.74, 6) is 0. The van der Waals surface area contributed by atoms with Gasteiger partial charge in [0.25, 0.3) is 0 Å². The lowest BCUT2D eigenvalue weighted by molar-refractivity contribution is 0.218. The van der Waals surface area contributed by atoms with Crippen LogP contribution in [0.3, 0.4) is 0 Å². The SMILES string of the molecule is CN1Cc2cc(C(Cl)c3cccc(Cl)c3)ccc2NC1=O. The Bertz CT molecular complexity index is 702. The number of rotatable bonds is 2. The summed E-state index contributed by atoms with van der Waals surface area (Å²) in [4.78, 5) is 13.2. The molecule has 3 nitrogen and oxygen atoms in total. The smallest absolute Gasteiger partial charge is 0.321 e. The number of nitrogens with zero attached hydrogens (tertiary/aromatic N) is 1. The zero-order valence-electron chi connectivity index (χ0n) is 11.4. The summed E-state index contributed by atoms with van der Waals surface area (Å²) in [6, 6.07) is 13.3. The summed E-state index contributed by atoms with van der Waals surface area (Å²) in [7, 11) is 1.76. The highest BCUT2D eigenvalue weighted by atomic mass is 35.5. The fourth-order valence-corrected chi connectivity index (χ4v) is 2.89. The molecule has 0 saturated heterocycles. The van der Waals surface area contributed by atoms with E-state index in [2.05, 4.69) is 5.32 Å². The van der Waals surface area contributed by atoms with Crippen molar-refractivity contribution in [2.24, 2.45) is 0 Å². The third-order valence-electron chi connectivity index (χ3n) is 3.56. The Morgan fingerprint density at radius 3 is 2.71 bits per heavy atom. The molecule has 0 aliphatic carbocycles. The molecule has 3 rings (SSSR count). The van der Waals surface area contributed by atoms with Gasteiger partial charge < -0.3 is 10.2 Å². The van der Waals surface area contributed by atoms with Crippen molar-refractivity contribution in [3.63, 3.8) is 0 Å². The fraction of sp³-hybridized carbons (Fsp3) is 0.188. The van der Waals surface area contributed by atoms with Crippen molar-refractivity contribution in [1.29, 1.82) is 0 Å². The molecule has 2 aromatic carbocycles. The molecule has 0 radical (unpaired) electrons. The quantitative estimate of drug-likeness (QED) is 0.803. The molecule has 1 aliphatic rings. The lowest BCUT2D eigenvalue weighted by Gasteiger charge is -2.26. The largest absolute Gasteiger partial charge is 0.323 e. The van der Waals surface area contributed by atoms with E-state index < -0.39 is 0 Å². The van der Waals surface area contributed by atoms with E-state index in [-0.39, 0.29) is 11.4 Å². The summed E-state index contributed by atoms with van der Waals surface area (Å²) in [5.41, 5.74) is 3.85. The lowest BCUT2D eigenvalue weighted by atomic mass is 10.00. The summed E-state index contributed by atoms with van der Waals surface area (Å²) >= 11 is 12.6. The number of urea groups is 1. The number of carbonyl (C=O) groups excluding carboxylic acids is 1. The van der Waals surface area contributed by atoms with Crippen molar-refractivity contribution in [3.05, 3.63) is 64.2 Å². The van der Waals surface area contributed by atoms with Gasteiger partial charge in [0, 0.05) is 24.3 Å². The minimum absolute atomic E-state index is 0.0903. The maximum Gasteiger partial charge on any atom is 0.321 e. The highest BCUT2D eigenvalue weighted by molar-refractivity contribution is 6.30. The van der Waals surface area contributed by atoms with Gasteiger partial charge in [-0.3, -0.25) is 0 Å². The molecule has 108 valence electrons. The second-order valence-electron chi connectivity index (χ2n) is 5.12. The van der Waals surface area contributed by atoms with Gasteiger partial charge in [-0.2, -0.15) is 0 Å². The molecule has 0 bridgehead atoms. The number of fused-ring (bicyclic) bond motifs is 1. The Morgan fingerprint density at radius 1 is 1.19 bits per heavy atom. The molecule has 2 aromatic rings. The Kier molecular flexibility index (Phi) is 3.79. The molecule has 21 heavy (non-hydrogen) atoms. The number of benzene rings is 2. The average Bonchev–Trinajstić information content (AvgIpc) is 2.47.